The minimum atomic E-state index is -0.159. The zero-order valence-electron chi connectivity index (χ0n) is 19.2. The number of benzene rings is 2. The number of hydrogen-bond donors (Lipinski definition) is 2. The van der Waals surface area contributed by atoms with Crippen LogP contribution < -0.4 is 30.0 Å². The van der Waals surface area contributed by atoms with Crippen molar-refractivity contribution in [2.45, 2.75) is 25.6 Å². The number of fused-ring (bicyclic) bond motifs is 2. The van der Waals surface area contributed by atoms with E-state index < -0.39 is 0 Å². The molecule has 0 aliphatic carbocycles. The largest absolute Gasteiger partial charge is 0.489 e. The molecule has 3 heterocycles. The molecule has 3 aliphatic rings. The molecule has 2 atom stereocenters. The number of nitrogens with one attached hydrogen (secondary N) is 1. The first-order valence-corrected chi connectivity index (χ1v) is 11.5. The molecule has 0 saturated carbocycles. The lowest BCUT2D eigenvalue weighted by molar-refractivity contribution is -0.118. The number of hydrogen-bond acceptors (Lipinski definition) is 7. The molecule has 2 aromatic rings. The van der Waals surface area contributed by atoms with Gasteiger partial charge in [-0.05, 0) is 43.7 Å². The molecular formula is C26H29N3O5. The molecule has 0 radical (unpaired) electrons. The van der Waals surface area contributed by atoms with Gasteiger partial charge < -0.3 is 30.0 Å². The molecule has 1 saturated heterocycles. The molecule has 0 aromatic heterocycles. The highest BCUT2D eigenvalue weighted by atomic mass is 16.6. The second-order valence-corrected chi connectivity index (χ2v) is 8.91. The second-order valence-electron chi connectivity index (χ2n) is 8.91. The Morgan fingerprint density at radius 1 is 1.29 bits per heavy atom. The summed E-state index contributed by atoms with van der Waals surface area (Å²) in [5.74, 6) is 2.60. The van der Waals surface area contributed by atoms with E-state index in [4.69, 9.17) is 24.7 Å². The third-order valence-electron chi connectivity index (χ3n) is 6.02. The monoisotopic (exact) mass is 463 g/mol. The maximum absolute atomic E-state index is 11.6. The van der Waals surface area contributed by atoms with Crippen molar-refractivity contribution < 1.29 is 23.7 Å². The summed E-state index contributed by atoms with van der Waals surface area (Å²) in [6.07, 6.45) is 4.69. The summed E-state index contributed by atoms with van der Waals surface area (Å²) in [4.78, 5) is 13.9. The summed E-state index contributed by atoms with van der Waals surface area (Å²) in [5, 5.41) is 2.82. The summed E-state index contributed by atoms with van der Waals surface area (Å²) in [6, 6.07) is 9.20. The van der Waals surface area contributed by atoms with Crippen molar-refractivity contribution >= 4 is 23.4 Å². The van der Waals surface area contributed by atoms with E-state index in [2.05, 4.69) is 16.8 Å². The van der Waals surface area contributed by atoms with Gasteiger partial charge in [0.15, 0.2) is 18.1 Å². The van der Waals surface area contributed by atoms with E-state index in [0.717, 1.165) is 37.2 Å². The number of nitrogens with two attached hydrogens (primary N) is 1. The van der Waals surface area contributed by atoms with Crippen molar-refractivity contribution in [3.63, 3.8) is 0 Å². The smallest absolute Gasteiger partial charge is 0.262 e. The fourth-order valence-electron chi connectivity index (χ4n) is 4.38. The van der Waals surface area contributed by atoms with E-state index in [1.54, 1.807) is 0 Å². The summed E-state index contributed by atoms with van der Waals surface area (Å²) in [5.41, 5.74) is 9.24. The Bertz CT molecular complexity index is 1150. The molecule has 5 rings (SSSR count). The van der Waals surface area contributed by atoms with Crippen LogP contribution in [0.5, 0.6) is 23.0 Å². The minimum Gasteiger partial charge on any atom is -0.489 e. The van der Waals surface area contributed by atoms with Crippen molar-refractivity contribution in [1.82, 2.24) is 4.90 Å². The Labute approximate surface area is 198 Å². The Balaban J connectivity index is 1.20. The van der Waals surface area contributed by atoms with E-state index >= 15 is 0 Å². The fraction of sp³-hybridized carbons (Fsp3) is 0.346. The summed E-state index contributed by atoms with van der Waals surface area (Å²) in [7, 11) is 0. The van der Waals surface area contributed by atoms with Gasteiger partial charge in [-0.25, -0.2) is 0 Å². The molecule has 0 unspecified atom stereocenters. The van der Waals surface area contributed by atoms with Gasteiger partial charge in [0.2, 0.25) is 0 Å². The lowest BCUT2D eigenvalue weighted by atomic mass is 10.1. The third kappa shape index (κ3) is 4.82. The lowest BCUT2D eigenvalue weighted by Crippen LogP contribution is -2.40. The van der Waals surface area contributed by atoms with Crippen LogP contribution in [0.4, 0.5) is 11.4 Å². The van der Waals surface area contributed by atoms with Gasteiger partial charge in [0.25, 0.3) is 5.91 Å². The lowest BCUT2D eigenvalue weighted by Gasteiger charge is -2.31. The van der Waals surface area contributed by atoms with E-state index in [0.29, 0.717) is 41.0 Å². The number of nitrogens with zero attached hydrogens (tertiary/aromatic N) is 1. The van der Waals surface area contributed by atoms with Crippen LogP contribution in [-0.4, -0.2) is 55.9 Å². The number of nitrogen functional groups attached to an aromatic ring is 1. The van der Waals surface area contributed by atoms with Gasteiger partial charge in [-0.2, -0.15) is 0 Å². The predicted octanol–water partition coefficient (Wildman–Crippen LogP) is 3.48. The van der Waals surface area contributed by atoms with Gasteiger partial charge >= 0.3 is 0 Å². The second kappa shape index (κ2) is 9.30. The fourth-order valence-corrected chi connectivity index (χ4v) is 4.38. The maximum Gasteiger partial charge on any atom is 0.262 e. The number of anilines is 2. The molecule has 3 aliphatic heterocycles. The number of likely N-dealkylation sites (tertiary alicyclic amines) is 1. The standard InChI is InChI=1S/C26H29N3O5/c1-16(2)3-5-20-21(27)6-8-24-26(20)34-19(14-31-24)13-29-10-9-18(12-29)33-17-4-7-23-22(11-17)28-25(30)15-32-23/h3-8,11,18-19H,1,9-10,12-15,27H2,2H3,(H,28,30)/b5-3-/t18-,19-/m0/s1. The van der Waals surface area contributed by atoms with Crippen LogP contribution in [0.3, 0.4) is 0 Å². The zero-order chi connectivity index (χ0) is 23.7. The number of rotatable bonds is 6. The maximum atomic E-state index is 11.6. The van der Waals surface area contributed by atoms with Crippen LogP contribution in [0.15, 0.2) is 48.6 Å². The molecule has 8 nitrogen and oxygen atoms in total. The number of carbonyl (C=O) groups excluding carboxylic acids is 1. The number of carbonyl (C=O) groups is 1. The van der Waals surface area contributed by atoms with Crippen molar-refractivity contribution in [3.8, 4) is 23.0 Å². The Kier molecular flexibility index (Phi) is 6.06. The van der Waals surface area contributed by atoms with Gasteiger partial charge in [0.1, 0.15) is 30.3 Å². The van der Waals surface area contributed by atoms with E-state index in [1.165, 1.54) is 0 Å². The van der Waals surface area contributed by atoms with Gasteiger partial charge in [-0.1, -0.05) is 18.2 Å². The highest BCUT2D eigenvalue weighted by Crippen LogP contribution is 2.40. The van der Waals surface area contributed by atoms with Crippen molar-refractivity contribution in [1.29, 1.82) is 0 Å². The van der Waals surface area contributed by atoms with Crippen molar-refractivity contribution in [2.75, 3.05) is 43.9 Å². The Hall–Kier alpha value is -3.65. The van der Waals surface area contributed by atoms with Crippen LogP contribution in [0.2, 0.25) is 0 Å². The average Bonchev–Trinajstić information content (AvgIpc) is 3.24. The van der Waals surface area contributed by atoms with E-state index in [1.807, 2.05) is 49.4 Å². The Morgan fingerprint density at radius 2 is 2.15 bits per heavy atom. The van der Waals surface area contributed by atoms with Crippen LogP contribution in [0, 0.1) is 0 Å². The summed E-state index contributed by atoms with van der Waals surface area (Å²) >= 11 is 0. The van der Waals surface area contributed by atoms with E-state index in [-0.39, 0.29) is 24.7 Å². The van der Waals surface area contributed by atoms with Gasteiger partial charge in [0.05, 0.1) is 5.69 Å². The van der Waals surface area contributed by atoms with Crippen LogP contribution in [0.1, 0.15) is 18.9 Å². The average molecular weight is 464 g/mol. The molecule has 0 bridgehead atoms. The summed E-state index contributed by atoms with van der Waals surface area (Å²) < 4.78 is 23.9. The van der Waals surface area contributed by atoms with Crippen LogP contribution >= 0.6 is 0 Å². The minimum absolute atomic E-state index is 0.0421. The highest BCUT2D eigenvalue weighted by molar-refractivity contribution is 5.95. The first kappa shape index (κ1) is 22.2. The topological polar surface area (TPSA) is 95.3 Å². The summed E-state index contributed by atoms with van der Waals surface area (Å²) in [6.45, 7) is 8.78. The van der Waals surface area contributed by atoms with Crippen LogP contribution in [0.25, 0.3) is 6.08 Å². The zero-order valence-corrected chi connectivity index (χ0v) is 19.2. The SMILES string of the molecule is C=C(C)/C=C\c1c(N)ccc2c1O[C@@H](CN1CC[C@H](Oc3ccc4c(c3)NC(=O)CO4)C1)CO2. The molecule has 2 aromatic carbocycles. The van der Waals surface area contributed by atoms with Crippen LogP contribution in [-0.2, 0) is 4.79 Å². The third-order valence-corrected chi connectivity index (χ3v) is 6.02. The molecule has 3 N–H and O–H groups in total. The van der Waals surface area contributed by atoms with Crippen molar-refractivity contribution in [3.05, 3.63) is 54.1 Å². The quantitative estimate of drug-likeness (QED) is 0.500. The number of amides is 1. The molecule has 8 heteroatoms. The molecule has 1 fully saturated rings. The molecular weight excluding hydrogens is 434 g/mol. The molecule has 178 valence electrons. The van der Waals surface area contributed by atoms with Gasteiger partial charge in [-0.3, -0.25) is 9.69 Å². The Morgan fingerprint density at radius 3 is 3.00 bits per heavy atom. The first-order valence-electron chi connectivity index (χ1n) is 11.5. The normalized spacial score (nSPS) is 21.6. The van der Waals surface area contributed by atoms with Gasteiger partial charge in [0, 0.05) is 37.0 Å². The molecule has 0 spiro atoms. The number of ether oxygens (including phenoxy) is 4. The first-order chi connectivity index (χ1) is 16.4. The molecule has 1 amide bonds. The van der Waals surface area contributed by atoms with E-state index in [9.17, 15) is 4.79 Å². The molecule has 34 heavy (non-hydrogen) atoms. The van der Waals surface area contributed by atoms with Crippen molar-refractivity contribution in [2.24, 2.45) is 0 Å². The number of allylic oxidation sites excluding steroid dienone is 2. The highest BCUT2D eigenvalue weighted by Gasteiger charge is 2.30. The van der Waals surface area contributed by atoms with Gasteiger partial charge in [-0.15, -0.1) is 0 Å². The predicted molar refractivity (Wildman–Crippen MR) is 131 cm³/mol.